The highest BCUT2D eigenvalue weighted by Crippen LogP contribution is 2.16. The number of nitrogens with one attached hydrogen (secondary N) is 1. The molecule has 0 fully saturated rings. The summed E-state index contributed by atoms with van der Waals surface area (Å²) in [6.45, 7) is 0.474. The van der Waals surface area contributed by atoms with Crippen molar-refractivity contribution in [2.75, 3.05) is 11.9 Å². The highest BCUT2D eigenvalue weighted by molar-refractivity contribution is 5.44. The van der Waals surface area contributed by atoms with Crippen molar-refractivity contribution in [2.45, 2.75) is 6.42 Å². The molecule has 17 heavy (non-hydrogen) atoms. The van der Waals surface area contributed by atoms with E-state index in [1.807, 2.05) is 30.3 Å². The van der Waals surface area contributed by atoms with Crippen LogP contribution in [0.1, 0.15) is 5.56 Å². The van der Waals surface area contributed by atoms with Crippen molar-refractivity contribution in [1.29, 1.82) is 0 Å². The van der Waals surface area contributed by atoms with Gasteiger partial charge in [0.15, 0.2) is 11.6 Å². The number of hydrogen-bond acceptors (Lipinski definition) is 2. The Labute approximate surface area is 98.3 Å². The third-order valence-electron chi connectivity index (χ3n) is 2.41. The Balaban J connectivity index is 1.95. The van der Waals surface area contributed by atoms with Gasteiger partial charge in [0.05, 0.1) is 12.4 Å². The van der Waals surface area contributed by atoms with E-state index >= 15 is 0 Å². The zero-order chi connectivity index (χ0) is 12.1. The van der Waals surface area contributed by atoms with Gasteiger partial charge < -0.3 is 5.32 Å². The molecule has 0 amide bonds. The van der Waals surface area contributed by atoms with E-state index < -0.39 is 11.6 Å². The number of rotatable bonds is 4. The molecule has 0 atom stereocenters. The summed E-state index contributed by atoms with van der Waals surface area (Å²) in [7, 11) is 0. The maximum atomic E-state index is 13.2. The van der Waals surface area contributed by atoms with Crippen LogP contribution in [0, 0.1) is 11.6 Å². The molecular formula is C13H12F2N2. The van der Waals surface area contributed by atoms with Gasteiger partial charge in [-0.05, 0) is 12.0 Å². The second-order valence-electron chi connectivity index (χ2n) is 3.64. The summed E-state index contributed by atoms with van der Waals surface area (Å²) in [5.41, 5.74) is 1.01. The summed E-state index contributed by atoms with van der Waals surface area (Å²) in [6.07, 6.45) is 2.70. The van der Waals surface area contributed by atoms with Crippen molar-refractivity contribution in [3.05, 3.63) is 59.9 Å². The summed E-state index contributed by atoms with van der Waals surface area (Å²) >= 11 is 0. The lowest BCUT2D eigenvalue weighted by molar-refractivity contribution is 0.578. The molecule has 1 N–H and O–H groups in total. The SMILES string of the molecule is Fc1cncc(F)c1NCCc1ccccc1. The van der Waals surface area contributed by atoms with Gasteiger partial charge in [-0.1, -0.05) is 30.3 Å². The van der Waals surface area contributed by atoms with E-state index in [1.54, 1.807) is 0 Å². The minimum absolute atomic E-state index is 0.115. The average molecular weight is 234 g/mol. The topological polar surface area (TPSA) is 24.9 Å². The number of hydrogen-bond donors (Lipinski definition) is 1. The Morgan fingerprint density at radius 3 is 2.29 bits per heavy atom. The van der Waals surface area contributed by atoms with Crippen LogP contribution in [0.25, 0.3) is 0 Å². The fourth-order valence-corrected chi connectivity index (χ4v) is 1.56. The number of benzene rings is 1. The highest BCUT2D eigenvalue weighted by Gasteiger charge is 2.07. The monoisotopic (exact) mass is 234 g/mol. The Hall–Kier alpha value is -1.97. The van der Waals surface area contributed by atoms with Crippen molar-refractivity contribution < 1.29 is 8.78 Å². The summed E-state index contributed by atoms with van der Waals surface area (Å²) in [5, 5.41) is 2.74. The number of pyridine rings is 1. The minimum atomic E-state index is -0.668. The molecule has 0 saturated carbocycles. The van der Waals surface area contributed by atoms with Crippen molar-refractivity contribution in [1.82, 2.24) is 4.98 Å². The largest absolute Gasteiger partial charge is 0.380 e. The van der Waals surface area contributed by atoms with Gasteiger partial charge in [-0.3, -0.25) is 4.98 Å². The summed E-state index contributed by atoms with van der Waals surface area (Å²) in [4.78, 5) is 3.42. The van der Waals surface area contributed by atoms with Crippen molar-refractivity contribution in [3.63, 3.8) is 0 Å². The van der Waals surface area contributed by atoms with Crippen LogP contribution in [-0.2, 0) is 6.42 Å². The first kappa shape index (κ1) is 11.5. The smallest absolute Gasteiger partial charge is 0.167 e. The van der Waals surface area contributed by atoms with Gasteiger partial charge >= 0.3 is 0 Å². The summed E-state index contributed by atoms with van der Waals surface area (Å²) < 4.78 is 26.4. The Bertz CT molecular complexity index is 466. The fraction of sp³-hybridized carbons (Fsp3) is 0.154. The Kier molecular flexibility index (Phi) is 3.65. The molecule has 0 radical (unpaired) electrons. The molecule has 0 spiro atoms. The minimum Gasteiger partial charge on any atom is -0.380 e. The lowest BCUT2D eigenvalue weighted by Crippen LogP contribution is -2.08. The van der Waals surface area contributed by atoms with E-state index in [9.17, 15) is 8.78 Å². The zero-order valence-corrected chi connectivity index (χ0v) is 9.16. The van der Waals surface area contributed by atoms with Crippen molar-refractivity contribution in [2.24, 2.45) is 0 Å². The van der Waals surface area contributed by atoms with Crippen molar-refractivity contribution >= 4 is 5.69 Å². The normalized spacial score (nSPS) is 10.2. The molecule has 2 rings (SSSR count). The van der Waals surface area contributed by atoms with Crippen LogP contribution in [0.4, 0.5) is 14.5 Å². The molecule has 2 aromatic rings. The predicted molar refractivity (Wildman–Crippen MR) is 62.8 cm³/mol. The van der Waals surface area contributed by atoms with Crippen LogP contribution < -0.4 is 5.32 Å². The third kappa shape index (κ3) is 3.00. The molecule has 0 bridgehead atoms. The number of halogens is 2. The third-order valence-corrected chi connectivity index (χ3v) is 2.41. The molecular weight excluding hydrogens is 222 g/mol. The van der Waals surface area contributed by atoms with E-state index in [-0.39, 0.29) is 5.69 Å². The molecule has 0 unspecified atom stereocenters. The Morgan fingerprint density at radius 2 is 1.65 bits per heavy atom. The van der Waals surface area contributed by atoms with Crippen molar-refractivity contribution in [3.8, 4) is 0 Å². The van der Waals surface area contributed by atoms with Gasteiger partial charge in [0.1, 0.15) is 5.69 Å². The first-order valence-electron chi connectivity index (χ1n) is 5.34. The van der Waals surface area contributed by atoms with E-state index in [2.05, 4.69) is 10.3 Å². The average Bonchev–Trinajstić information content (AvgIpc) is 2.34. The molecule has 0 aliphatic carbocycles. The van der Waals surface area contributed by atoms with Gasteiger partial charge in [0.25, 0.3) is 0 Å². The molecule has 4 heteroatoms. The first-order valence-corrected chi connectivity index (χ1v) is 5.34. The van der Waals surface area contributed by atoms with E-state index in [0.717, 1.165) is 18.0 Å². The Morgan fingerprint density at radius 1 is 1.00 bits per heavy atom. The van der Waals surface area contributed by atoms with Crippen LogP contribution in [0.3, 0.4) is 0 Å². The second-order valence-corrected chi connectivity index (χ2v) is 3.64. The molecule has 0 saturated heterocycles. The van der Waals surface area contributed by atoms with Crippen LogP contribution >= 0.6 is 0 Å². The predicted octanol–water partition coefficient (Wildman–Crippen LogP) is 3.01. The van der Waals surface area contributed by atoms with Crippen LogP contribution in [-0.4, -0.2) is 11.5 Å². The van der Waals surface area contributed by atoms with Crippen LogP contribution in [0.15, 0.2) is 42.7 Å². The molecule has 0 aliphatic rings. The molecule has 1 heterocycles. The maximum Gasteiger partial charge on any atom is 0.167 e. The number of aromatic nitrogens is 1. The van der Waals surface area contributed by atoms with Gasteiger partial charge in [-0.2, -0.15) is 0 Å². The summed E-state index contributed by atoms with van der Waals surface area (Å²) in [6, 6.07) is 9.74. The molecule has 1 aromatic heterocycles. The molecule has 2 nitrogen and oxygen atoms in total. The van der Waals surface area contributed by atoms with E-state index in [4.69, 9.17) is 0 Å². The van der Waals surface area contributed by atoms with Gasteiger partial charge in [0.2, 0.25) is 0 Å². The number of anilines is 1. The maximum absolute atomic E-state index is 13.2. The van der Waals surface area contributed by atoms with Gasteiger partial charge in [0, 0.05) is 6.54 Å². The fourth-order valence-electron chi connectivity index (χ4n) is 1.56. The molecule has 88 valence electrons. The standard InChI is InChI=1S/C13H12F2N2/c14-11-8-16-9-12(15)13(11)17-7-6-10-4-2-1-3-5-10/h1-5,8-9H,6-7H2,(H,16,17). The van der Waals surface area contributed by atoms with Crippen LogP contribution in [0.5, 0.6) is 0 Å². The summed E-state index contributed by atoms with van der Waals surface area (Å²) in [5.74, 6) is -1.34. The quantitative estimate of drug-likeness (QED) is 0.879. The van der Waals surface area contributed by atoms with Gasteiger partial charge in [-0.15, -0.1) is 0 Å². The highest BCUT2D eigenvalue weighted by atomic mass is 19.1. The molecule has 0 aliphatic heterocycles. The first-order chi connectivity index (χ1) is 8.27. The van der Waals surface area contributed by atoms with Crippen LogP contribution in [0.2, 0.25) is 0 Å². The number of nitrogens with zero attached hydrogens (tertiary/aromatic N) is 1. The van der Waals surface area contributed by atoms with E-state index in [0.29, 0.717) is 13.0 Å². The lowest BCUT2D eigenvalue weighted by atomic mass is 10.1. The lowest BCUT2D eigenvalue weighted by Gasteiger charge is -2.07. The van der Waals surface area contributed by atoms with E-state index in [1.165, 1.54) is 0 Å². The van der Waals surface area contributed by atoms with Gasteiger partial charge in [-0.25, -0.2) is 8.78 Å². The second kappa shape index (κ2) is 5.39. The zero-order valence-electron chi connectivity index (χ0n) is 9.16. The molecule has 1 aromatic carbocycles.